The Labute approximate surface area is 128 Å². The van der Waals surface area contributed by atoms with Crippen molar-refractivity contribution in [2.75, 3.05) is 23.3 Å². The first-order chi connectivity index (χ1) is 10.8. The van der Waals surface area contributed by atoms with E-state index < -0.39 is 0 Å². The highest BCUT2D eigenvalue weighted by atomic mass is 15.3. The molecule has 0 saturated carbocycles. The molecule has 0 aliphatic carbocycles. The zero-order chi connectivity index (χ0) is 14.9. The quantitative estimate of drug-likeness (QED) is 0.777. The van der Waals surface area contributed by atoms with Gasteiger partial charge in [-0.15, -0.1) is 0 Å². The maximum absolute atomic E-state index is 4.79. The Morgan fingerprint density at radius 3 is 2.82 bits per heavy atom. The molecule has 0 radical (unpaired) electrons. The van der Waals surface area contributed by atoms with Crippen LogP contribution < -0.4 is 10.2 Å². The van der Waals surface area contributed by atoms with Gasteiger partial charge in [0.2, 0.25) is 5.95 Å². The third-order valence-corrected chi connectivity index (χ3v) is 4.00. The van der Waals surface area contributed by atoms with E-state index >= 15 is 0 Å². The van der Waals surface area contributed by atoms with E-state index in [0.717, 1.165) is 42.0 Å². The molecule has 1 aliphatic heterocycles. The van der Waals surface area contributed by atoms with Crippen LogP contribution in [0.1, 0.15) is 25.0 Å². The fraction of sp³-hybridized carbons (Fsp3) is 0.400. The molecular weight excluding hydrogens is 278 g/mol. The lowest BCUT2D eigenvalue weighted by atomic mass is 10.1. The van der Waals surface area contributed by atoms with Gasteiger partial charge in [0.05, 0.1) is 0 Å². The fourth-order valence-electron chi connectivity index (χ4n) is 2.88. The van der Waals surface area contributed by atoms with Gasteiger partial charge in [0.1, 0.15) is 11.5 Å². The number of fused-ring (bicyclic) bond motifs is 1. The van der Waals surface area contributed by atoms with Gasteiger partial charge in [0.25, 0.3) is 0 Å². The maximum atomic E-state index is 4.79. The van der Waals surface area contributed by atoms with Crippen molar-refractivity contribution in [1.82, 2.24) is 24.6 Å². The van der Waals surface area contributed by atoms with Gasteiger partial charge in [-0.1, -0.05) is 0 Å². The van der Waals surface area contributed by atoms with Crippen LogP contribution in [0, 0.1) is 6.92 Å². The van der Waals surface area contributed by atoms with Crippen LogP contribution in [-0.4, -0.2) is 37.7 Å². The lowest BCUT2D eigenvalue weighted by Gasteiger charge is -2.28. The number of nitrogens with one attached hydrogen (secondary N) is 2. The van der Waals surface area contributed by atoms with E-state index in [9.17, 15) is 0 Å². The molecule has 1 fully saturated rings. The van der Waals surface area contributed by atoms with Crippen molar-refractivity contribution >= 4 is 23.2 Å². The van der Waals surface area contributed by atoms with Crippen molar-refractivity contribution in [3.63, 3.8) is 0 Å². The van der Waals surface area contributed by atoms with E-state index in [1.165, 1.54) is 19.3 Å². The number of H-pyrrole nitrogens is 1. The molecule has 7 nitrogen and oxygen atoms in total. The van der Waals surface area contributed by atoms with Crippen LogP contribution in [0.3, 0.4) is 0 Å². The van der Waals surface area contributed by atoms with Crippen LogP contribution in [0.2, 0.25) is 0 Å². The number of anilines is 3. The normalized spacial score (nSPS) is 15.4. The lowest BCUT2D eigenvalue weighted by Crippen LogP contribution is -2.30. The van der Waals surface area contributed by atoms with Gasteiger partial charge >= 0.3 is 0 Å². The molecular formula is C15H19N7. The van der Waals surface area contributed by atoms with E-state index in [0.29, 0.717) is 0 Å². The predicted octanol–water partition coefficient (Wildman–Crippen LogP) is 2.49. The Hall–Kier alpha value is -2.57. The first kappa shape index (κ1) is 13.1. The standard InChI is InChI=1S/C15H19N7/c1-11-9-12(20-19-11)17-15-18-14(21-6-3-2-4-7-21)10-13-16-5-8-22(13)15/h5,8-10H,2-4,6-7H2,1H3,(H2,17,18,19,20). The molecule has 2 N–H and O–H groups in total. The molecule has 0 amide bonds. The largest absolute Gasteiger partial charge is 0.356 e. The van der Waals surface area contributed by atoms with Crippen molar-refractivity contribution in [2.24, 2.45) is 0 Å². The number of imidazole rings is 1. The van der Waals surface area contributed by atoms with Crippen LogP contribution in [0.5, 0.6) is 0 Å². The number of aromatic nitrogens is 5. The van der Waals surface area contributed by atoms with Crippen molar-refractivity contribution < 1.29 is 0 Å². The summed E-state index contributed by atoms with van der Waals surface area (Å²) < 4.78 is 1.94. The zero-order valence-electron chi connectivity index (χ0n) is 12.6. The topological polar surface area (TPSA) is 74.1 Å². The molecule has 0 bridgehead atoms. The minimum absolute atomic E-state index is 0.738. The first-order valence-electron chi connectivity index (χ1n) is 7.68. The second kappa shape index (κ2) is 5.32. The molecule has 1 aliphatic rings. The number of nitrogens with zero attached hydrogens (tertiary/aromatic N) is 5. The van der Waals surface area contributed by atoms with E-state index in [4.69, 9.17) is 4.98 Å². The Kier molecular flexibility index (Phi) is 3.17. The van der Waals surface area contributed by atoms with Crippen LogP contribution in [0.4, 0.5) is 17.6 Å². The van der Waals surface area contributed by atoms with Gasteiger partial charge in [-0.2, -0.15) is 10.1 Å². The monoisotopic (exact) mass is 297 g/mol. The summed E-state index contributed by atoms with van der Waals surface area (Å²) in [6.45, 7) is 4.10. The van der Waals surface area contributed by atoms with Crippen molar-refractivity contribution in [3.8, 4) is 0 Å². The highest BCUT2D eigenvalue weighted by Gasteiger charge is 2.15. The van der Waals surface area contributed by atoms with Gasteiger partial charge in [0, 0.05) is 43.3 Å². The average molecular weight is 297 g/mol. The van der Waals surface area contributed by atoms with Crippen molar-refractivity contribution in [1.29, 1.82) is 0 Å². The highest BCUT2D eigenvalue weighted by molar-refractivity contribution is 5.60. The number of aromatic amines is 1. The molecule has 1 saturated heterocycles. The van der Waals surface area contributed by atoms with Gasteiger partial charge in [-0.3, -0.25) is 9.50 Å². The van der Waals surface area contributed by atoms with E-state index in [1.54, 1.807) is 6.20 Å². The molecule has 7 heteroatoms. The molecule has 0 unspecified atom stereocenters. The van der Waals surface area contributed by atoms with Gasteiger partial charge in [-0.05, 0) is 26.2 Å². The summed E-state index contributed by atoms with van der Waals surface area (Å²) in [5.41, 5.74) is 1.90. The summed E-state index contributed by atoms with van der Waals surface area (Å²) in [5.74, 6) is 2.48. The van der Waals surface area contributed by atoms with E-state index in [2.05, 4.69) is 25.4 Å². The fourth-order valence-corrected chi connectivity index (χ4v) is 2.88. The minimum atomic E-state index is 0.738. The average Bonchev–Trinajstić information content (AvgIpc) is 3.17. The molecule has 0 spiro atoms. The number of piperidine rings is 1. The Balaban J connectivity index is 1.73. The molecule has 4 rings (SSSR count). The molecule has 22 heavy (non-hydrogen) atoms. The second-order valence-electron chi connectivity index (χ2n) is 5.70. The summed E-state index contributed by atoms with van der Waals surface area (Å²) >= 11 is 0. The van der Waals surface area contributed by atoms with E-state index in [1.807, 2.05) is 29.7 Å². The Morgan fingerprint density at radius 2 is 2.05 bits per heavy atom. The Bertz CT molecular complexity index is 782. The van der Waals surface area contributed by atoms with Crippen LogP contribution >= 0.6 is 0 Å². The minimum Gasteiger partial charge on any atom is -0.356 e. The third kappa shape index (κ3) is 2.38. The SMILES string of the molecule is Cc1cc(Nc2nc(N3CCCCC3)cc3nccn23)n[nH]1. The number of hydrogen-bond acceptors (Lipinski definition) is 5. The first-order valence-corrected chi connectivity index (χ1v) is 7.68. The molecule has 0 aromatic carbocycles. The smallest absolute Gasteiger partial charge is 0.216 e. The summed E-state index contributed by atoms with van der Waals surface area (Å²) in [5, 5.41) is 10.4. The molecule has 0 atom stereocenters. The maximum Gasteiger partial charge on any atom is 0.216 e. The Morgan fingerprint density at radius 1 is 1.18 bits per heavy atom. The van der Waals surface area contributed by atoms with Crippen LogP contribution in [-0.2, 0) is 0 Å². The molecule has 3 aromatic heterocycles. The van der Waals surface area contributed by atoms with Gasteiger partial charge < -0.3 is 10.2 Å². The van der Waals surface area contributed by atoms with E-state index in [-0.39, 0.29) is 0 Å². The molecule has 3 aromatic rings. The summed E-state index contributed by atoms with van der Waals surface area (Å²) in [6.07, 6.45) is 7.45. The lowest BCUT2D eigenvalue weighted by molar-refractivity contribution is 0.573. The number of hydrogen-bond donors (Lipinski definition) is 2. The van der Waals surface area contributed by atoms with Crippen molar-refractivity contribution in [3.05, 3.63) is 30.2 Å². The van der Waals surface area contributed by atoms with Crippen LogP contribution in [0.15, 0.2) is 24.5 Å². The summed E-state index contributed by atoms with van der Waals surface area (Å²) in [7, 11) is 0. The molecule has 114 valence electrons. The summed E-state index contributed by atoms with van der Waals surface area (Å²) in [4.78, 5) is 11.5. The predicted molar refractivity (Wildman–Crippen MR) is 85.7 cm³/mol. The van der Waals surface area contributed by atoms with Gasteiger partial charge in [0.15, 0.2) is 5.82 Å². The zero-order valence-corrected chi connectivity index (χ0v) is 12.6. The number of aryl methyl sites for hydroxylation is 1. The number of rotatable bonds is 3. The summed E-state index contributed by atoms with van der Waals surface area (Å²) in [6, 6.07) is 4.00. The molecule has 4 heterocycles. The second-order valence-corrected chi connectivity index (χ2v) is 5.70. The van der Waals surface area contributed by atoms with Gasteiger partial charge in [-0.25, -0.2) is 4.98 Å². The highest BCUT2D eigenvalue weighted by Crippen LogP contribution is 2.23. The van der Waals surface area contributed by atoms with Crippen molar-refractivity contribution in [2.45, 2.75) is 26.2 Å². The third-order valence-electron chi connectivity index (χ3n) is 4.00. The van der Waals surface area contributed by atoms with Crippen LogP contribution in [0.25, 0.3) is 5.65 Å².